The molecule has 92 valence electrons. The van der Waals surface area contributed by atoms with Crippen molar-refractivity contribution in [2.45, 2.75) is 52.1 Å². The fourth-order valence-electron chi connectivity index (χ4n) is 2.19. The maximum Gasteiger partial charge on any atom is 0.246 e. The molecular formula is C12H22N2O2. The van der Waals surface area contributed by atoms with Crippen molar-refractivity contribution >= 4 is 11.8 Å². The lowest BCUT2D eigenvalue weighted by molar-refractivity contribution is -0.148. The van der Waals surface area contributed by atoms with Gasteiger partial charge in [-0.05, 0) is 25.7 Å². The number of imide groups is 1. The van der Waals surface area contributed by atoms with E-state index < -0.39 is 0 Å². The van der Waals surface area contributed by atoms with E-state index in [4.69, 9.17) is 0 Å². The zero-order valence-corrected chi connectivity index (χ0v) is 10.6. The molecule has 2 amide bonds. The molecule has 1 heterocycles. The molecule has 2 unspecified atom stereocenters. The first-order valence-corrected chi connectivity index (χ1v) is 5.98. The lowest BCUT2D eigenvalue weighted by Crippen LogP contribution is -2.53. The first kappa shape index (κ1) is 13.2. The summed E-state index contributed by atoms with van der Waals surface area (Å²) in [7, 11) is 1.56. The molecule has 0 aromatic heterocycles. The van der Waals surface area contributed by atoms with Crippen molar-refractivity contribution in [1.82, 2.24) is 10.2 Å². The highest BCUT2D eigenvalue weighted by atomic mass is 16.2. The van der Waals surface area contributed by atoms with Crippen LogP contribution in [0.4, 0.5) is 0 Å². The minimum Gasteiger partial charge on any atom is -0.303 e. The Morgan fingerprint density at radius 1 is 1.38 bits per heavy atom. The molecule has 0 radical (unpaired) electrons. The van der Waals surface area contributed by atoms with Gasteiger partial charge in [-0.25, -0.2) is 0 Å². The molecule has 0 aromatic rings. The van der Waals surface area contributed by atoms with Gasteiger partial charge in [0.25, 0.3) is 0 Å². The van der Waals surface area contributed by atoms with Crippen LogP contribution >= 0.6 is 0 Å². The summed E-state index contributed by atoms with van der Waals surface area (Å²) in [5, 5.41) is 3.31. The van der Waals surface area contributed by atoms with Gasteiger partial charge in [0, 0.05) is 19.5 Å². The predicted molar refractivity (Wildman–Crippen MR) is 62.9 cm³/mol. The number of amides is 2. The Kier molecular flexibility index (Phi) is 4.47. The third kappa shape index (κ3) is 3.30. The van der Waals surface area contributed by atoms with E-state index in [9.17, 15) is 9.59 Å². The minimum absolute atomic E-state index is 0.0698. The Morgan fingerprint density at radius 2 is 2.00 bits per heavy atom. The van der Waals surface area contributed by atoms with E-state index in [0.717, 1.165) is 6.42 Å². The van der Waals surface area contributed by atoms with Crippen LogP contribution in [0.3, 0.4) is 0 Å². The fourth-order valence-corrected chi connectivity index (χ4v) is 2.19. The molecule has 2 atom stereocenters. The van der Waals surface area contributed by atoms with Crippen molar-refractivity contribution in [3.63, 3.8) is 0 Å². The topological polar surface area (TPSA) is 49.4 Å². The van der Waals surface area contributed by atoms with Gasteiger partial charge in [0.15, 0.2) is 0 Å². The van der Waals surface area contributed by atoms with E-state index in [1.165, 1.54) is 4.90 Å². The third-order valence-electron chi connectivity index (χ3n) is 2.96. The molecule has 1 aliphatic heterocycles. The van der Waals surface area contributed by atoms with Crippen molar-refractivity contribution in [1.29, 1.82) is 0 Å². The van der Waals surface area contributed by atoms with E-state index in [0.29, 0.717) is 24.8 Å². The number of carbonyl (C=O) groups excluding carboxylic acids is 2. The smallest absolute Gasteiger partial charge is 0.246 e. The molecule has 4 heteroatoms. The van der Waals surface area contributed by atoms with Crippen LogP contribution in [-0.4, -0.2) is 35.8 Å². The number of carbonyl (C=O) groups is 2. The zero-order chi connectivity index (χ0) is 12.3. The molecule has 0 spiro atoms. The quantitative estimate of drug-likeness (QED) is 0.732. The Labute approximate surface area is 97.4 Å². The highest BCUT2D eigenvalue weighted by molar-refractivity contribution is 6.00. The maximum absolute atomic E-state index is 11.8. The molecule has 1 rings (SSSR count). The van der Waals surface area contributed by atoms with Gasteiger partial charge in [-0.15, -0.1) is 0 Å². The van der Waals surface area contributed by atoms with Crippen LogP contribution in [0.2, 0.25) is 0 Å². The Bertz CT molecular complexity index is 276. The Hall–Kier alpha value is -0.900. The van der Waals surface area contributed by atoms with Crippen LogP contribution in [0, 0.1) is 5.92 Å². The summed E-state index contributed by atoms with van der Waals surface area (Å²) in [5.41, 5.74) is 0. The number of rotatable bonds is 4. The molecule has 0 saturated carbocycles. The van der Waals surface area contributed by atoms with Gasteiger partial charge < -0.3 is 5.32 Å². The second kappa shape index (κ2) is 5.43. The number of piperidine rings is 1. The van der Waals surface area contributed by atoms with Gasteiger partial charge >= 0.3 is 0 Å². The molecule has 16 heavy (non-hydrogen) atoms. The standard InChI is InChI=1S/C12H22N2O2/c1-8(2)7-9(3)13-10-5-6-11(15)14(4)12(10)16/h8-10,13H,5-7H2,1-4H3. The summed E-state index contributed by atoms with van der Waals surface area (Å²) >= 11 is 0. The van der Waals surface area contributed by atoms with Crippen LogP contribution < -0.4 is 5.32 Å². The van der Waals surface area contributed by atoms with Gasteiger partial charge in [-0.1, -0.05) is 13.8 Å². The molecule has 1 saturated heterocycles. The molecule has 1 aliphatic rings. The first-order valence-electron chi connectivity index (χ1n) is 5.98. The van der Waals surface area contributed by atoms with Crippen LogP contribution in [-0.2, 0) is 9.59 Å². The molecule has 4 nitrogen and oxygen atoms in total. The second-order valence-electron chi connectivity index (χ2n) is 5.08. The van der Waals surface area contributed by atoms with E-state index in [2.05, 4.69) is 26.1 Å². The van der Waals surface area contributed by atoms with E-state index >= 15 is 0 Å². The highest BCUT2D eigenvalue weighted by Crippen LogP contribution is 2.13. The molecule has 0 bridgehead atoms. The summed E-state index contributed by atoms with van der Waals surface area (Å²) in [6, 6.07) is 0.131. The second-order valence-corrected chi connectivity index (χ2v) is 5.08. The lowest BCUT2D eigenvalue weighted by Gasteiger charge is -2.30. The number of likely N-dealkylation sites (tertiary alicyclic amines) is 1. The zero-order valence-electron chi connectivity index (χ0n) is 10.6. The van der Waals surface area contributed by atoms with Crippen molar-refractivity contribution < 1.29 is 9.59 Å². The van der Waals surface area contributed by atoms with Crippen molar-refractivity contribution in [2.24, 2.45) is 5.92 Å². The monoisotopic (exact) mass is 226 g/mol. The van der Waals surface area contributed by atoms with Crippen LogP contribution in [0.5, 0.6) is 0 Å². The average Bonchev–Trinajstić information content (AvgIpc) is 2.18. The number of hydrogen-bond acceptors (Lipinski definition) is 3. The van der Waals surface area contributed by atoms with Crippen LogP contribution in [0.1, 0.15) is 40.0 Å². The number of nitrogens with one attached hydrogen (secondary N) is 1. The van der Waals surface area contributed by atoms with Crippen LogP contribution in [0.15, 0.2) is 0 Å². The molecule has 0 aromatic carbocycles. The number of hydrogen-bond donors (Lipinski definition) is 1. The van der Waals surface area contributed by atoms with Gasteiger partial charge in [-0.3, -0.25) is 14.5 Å². The Morgan fingerprint density at radius 3 is 2.56 bits per heavy atom. The molecular weight excluding hydrogens is 204 g/mol. The molecule has 1 N–H and O–H groups in total. The van der Waals surface area contributed by atoms with Crippen LogP contribution in [0.25, 0.3) is 0 Å². The van der Waals surface area contributed by atoms with E-state index in [1.54, 1.807) is 7.05 Å². The normalized spacial score (nSPS) is 24.1. The van der Waals surface area contributed by atoms with Gasteiger partial charge in [0.05, 0.1) is 6.04 Å². The number of nitrogens with zero attached hydrogens (tertiary/aromatic N) is 1. The van der Waals surface area contributed by atoms with Crippen molar-refractivity contribution in [3.05, 3.63) is 0 Å². The molecule has 1 fully saturated rings. The van der Waals surface area contributed by atoms with E-state index in [1.807, 2.05) is 0 Å². The van der Waals surface area contributed by atoms with Crippen molar-refractivity contribution in [2.75, 3.05) is 7.05 Å². The minimum atomic E-state index is -0.184. The average molecular weight is 226 g/mol. The summed E-state index contributed by atoms with van der Waals surface area (Å²) < 4.78 is 0. The summed E-state index contributed by atoms with van der Waals surface area (Å²) in [4.78, 5) is 24.3. The fraction of sp³-hybridized carbons (Fsp3) is 0.833. The lowest BCUT2D eigenvalue weighted by atomic mass is 10.0. The summed E-state index contributed by atoms with van der Waals surface area (Å²) in [6.45, 7) is 6.41. The van der Waals surface area contributed by atoms with Gasteiger partial charge in [-0.2, -0.15) is 0 Å². The highest BCUT2D eigenvalue weighted by Gasteiger charge is 2.32. The number of likely N-dealkylation sites (N-methyl/N-ethyl adjacent to an activating group) is 1. The largest absolute Gasteiger partial charge is 0.303 e. The Balaban J connectivity index is 2.49. The molecule has 0 aliphatic carbocycles. The predicted octanol–water partition coefficient (Wildman–Crippen LogP) is 1.16. The SMILES string of the molecule is CC(C)CC(C)NC1CCC(=O)N(C)C1=O. The summed E-state index contributed by atoms with van der Waals surface area (Å²) in [6.07, 6.45) is 2.14. The first-order chi connectivity index (χ1) is 7.41. The van der Waals surface area contributed by atoms with Gasteiger partial charge in [0.2, 0.25) is 11.8 Å². The van der Waals surface area contributed by atoms with E-state index in [-0.39, 0.29) is 17.9 Å². The maximum atomic E-state index is 11.8. The third-order valence-corrected chi connectivity index (χ3v) is 2.96. The van der Waals surface area contributed by atoms with Gasteiger partial charge in [0.1, 0.15) is 0 Å². The van der Waals surface area contributed by atoms with Crippen molar-refractivity contribution in [3.8, 4) is 0 Å². The summed E-state index contributed by atoms with van der Waals surface area (Å²) in [5.74, 6) is 0.451.